The number of hydrogen-bond donors (Lipinski definition) is 2. The van der Waals surface area contributed by atoms with Crippen LogP contribution in [0.15, 0.2) is 24.3 Å². The number of nitrogens with two attached hydrogens (primary N) is 1. The largest absolute Gasteiger partial charge is 0.381 e. The minimum Gasteiger partial charge on any atom is -0.381 e. The fourth-order valence-corrected chi connectivity index (χ4v) is 2.09. The van der Waals surface area contributed by atoms with Crippen LogP contribution in [-0.4, -0.2) is 15.7 Å². The highest BCUT2D eigenvalue weighted by atomic mass is 35.5. The van der Waals surface area contributed by atoms with Crippen molar-refractivity contribution in [3.63, 3.8) is 0 Å². The predicted molar refractivity (Wildman–Crippen MR) is 75.2 cm³/mol. The summed E-state index contributed by atoms with van der Waals surface area (Å²) in [6.45, 7) is 2.45. The van der Waals surface area contributed by atoms with Crippen molar-refractivity contribution >= 4 is 23.2 Å². The van der Waals surface area contributed by atoms with Gasteiger partial charge in [-0.2, -0.15) is 5.10 Å². The molecule has 0 unspecified atom stereocenters. The van der Waals surface area contributed by atoms with Crippen molar-refractivity contribution < 1.29 is 4.79 Å². The number of anilines is 1. The van der Waals surface area contributed by atoms with E-state index in [9.17, 15) is 4.79 Å². The van der Waals surface area contributed by atoms with Gasteiger partial charge in [0, 0.05) is 30.4 Å². The highest BCUT2D eigenvalue weighted by Crippen LogP contribution is 2.20. The average Bonchev–Trinajstić information content (AvgIpc) is 2.61. The Kier molecular flexibility index (Phi) is 3.76. The number of halogens is 1. The number of primary amides is 1. The van der Waals surface area contributed by atoms with Gasteiger partial charge in [-0.1, -0.05) is 17.7 Å². The number of hydrogen-bond acceptors (Lipinski definition) is 3. The zero-order chi connectivity index (χ0) is 14.0. The Morgan fingerprint density at radius 1 is 1.53 bits per heavy atom. The molecule has 0 radical (unpaired) electrons. The van der Waals surface area contributed by atoms with E-state index in [1.165, 1.54) is 0 Å². The summed E-state index contributed by atoms with van der Waals surface area (Å²) in [5.41, 5.74) is 8.35. The molecule has 1 amide bonds. The lowest BCUT2D eigenvalue weighted by atomic mass is 10.2. The van der Waals surface area contributed by atoms with E-state index < -0.39 is 5.91 Å². The van der Waals surface area contributed by atoms with Crippen LogP contribution in [0.3, 0.4) is 0 Å². The van der Waals surface area contributed by atoms with Crippen LogP contribution in [0.2, 0.25) is 5.15 Å². The third-order valence-corrected chi connectivity index (χ3v) is 3.36. The quantitative estimate of drug-likeness (QED) is 0.899. The maximum Gasteiger partial charge on any atom is 0.248 e. The van der Waals surface area contributed by atoms with Crippen LogP contribution in [0.4, 0.5) is 5.69 Å². The standard InChI is InChI=1S/C13H15ClN4O/c1-8-11(12(14)18(2)17-8)7-16-10-5-3-4-9(6-10)13(15)19/h3-6,16H,7H2,1-2H3,(H2,15,19). The smallest absolute Gasteiger partial charge is 0.248 e. The number of rotatable bonds is 4. The fraction of sp³-hybridized carbons (Fsp3) is 0.231. The maximum absolute atomic E-state index is 11.1. The molecule has 2 aromatic rings. The van der Waals surface area contributed by atoms with Gasteiger partial charge < -0.3 is 11.1 Å². The third-order valence-electron chi connectivity index (χ3n) is 2.89. The molecule has 0 fully saturated rings. The van der Waals surface area contributed by atoms with Crippen LogP contribution in [0.5, 0.6) is 0 Å². The van der Waals surface area contributed by atoms with Crippen molar-refractivity contribution in [1.29, 1.82) is 0 Å². The lowest BCUT2D eigenvalue weighted by Crippen LogP contribution is -2.11. The van der Waals surface area contributed by atoms with Crippen molar-refractivity contribution in [3.8, 4) is 0 Å². The minimum atomic E-state index is -0.445. The van der Waals surface area contributed by atoms with E-state index in [1.54, 1.807) is 29.9 Å². The molecule has 0 saturated heterocycles. The normalized spacial score (nSPS) is 10.5. The molecular formula is C13H15ClN4O. The van der Waals surface area contributed by atoms with E-state index in [0.717, 1.165) is 16.9 Å². The summed E-state index contributed by atoms with van der Waals surface area (Å²) in [6, 6.07) is 7.03. The van der Waals surface area contributed by atoms with E-state index in [-0.39, 0.29) is 0 Å². The molecule has 0 aliphatic heterocycles. The molecule has 1 heterocycles. The number of benzene rings is 1. The van der Waals surface area contributed by atoms with Crippen molar-refractivity contribution in [2.45, 2.75) is 13.5 Å². The number of carbonyl (C=O) groups excluding carboxylic acids is 1. The molecule has 19 heavy (non-hydrogen) atoms. The van der Waals surface area contributed by atoms with Crippen molar-refractivity contribution in [2.75, 3.05) is 5.32 Å². The SMILES string of the molecule is Cc1nn(C)c(Cl)c1CNc1cccc(C(N)=O)c1. The van der Waals surface area contributed by atoms with Gasteiger partial charge in [-0.05, 0) is 25.1 Å². The van der Waals surface area contributed by atoms with E-state index >= 15 is 0 Å². The van der Waals surface area contributed by atoms with Gasteiger partial charge >= 0.3 is 0 Å². The van der Waals surface area contributed by atoms with Crippen LogP contribution < -0.4 is 11.1 Å². The van der Waals surface area contributed by atoms with Crippen LogP contribution in [0, 0.1) is 6.92 Å². The molecule has 0 saturated carbocycles. The topological polar surface area (TPSA) is 72.9 Å². The van der Waals surface area contributed by atoms with Gasteiger partial charge in [0.1, 0.15) is 5.15 Å². The molecule has 0 bridgehead atoms. The van der Waals surface area contributed by atoms with Crippen molar-refractivity contribution in [3.05, 3.63) is 46.2 Å². The van der Waals surface area contributed by atoms with Gasteiger partial charge in [0.25, 0.3) is 0 Å². The first-order valence-corrected chi connectivity index (χ1v) is 6.18. The van der Waals surface area contributed by atoms with Gasteiger partial charge in [0.2, 0.25) is 5.91 Å². The number of carbonyl (C=O) groups is 1. The lowest BCUT2D eigenvalue weighted by molar-refractivity contribution is 0.100. The summed E-state index contributed by atoms with van der Waals surface area (Å²) in [6.07, 6.45) is 0. The van der Waals surface area contributed by atoms with Gasteiger partial charge in [0.05, 0.1) is 5.69 Å². The summed E-state index contributed by atoms with van der Waals surface area (Å²) in [7, 11) is 1.80. The highest BCUT2D eigenvalue weighted by Gasteiger charge is 2.10. The zero-order valence-corrected chi connectivity index (χ0v) is 11.5. The summed E-state index contributed by atoms with van der Waals surface area (Å²) >= 11 is 6.15. The molecule has 0 spiro atoms. The Balaban J connectivity index is 2.14. The molecule has 3 N–H and O–H groups in total. The predicted octanol–water partition coefficient (Wildman–Crippen LogP) is 2.09. The monoisotopic (exact) mass is 278 g/mol. The number of nitrogens with zero attached hydrogens (tertiary/aromatic N) is 2. The zero-order valence-electron chi connectivity index (χ0n) is 10.8. The van der Waals surface area contributed by atoms with Crippen LogP contribution in [0.25, 0.3) is 0 Å². The summed E-state index contributed by atoms with van der Waals surface area (Å²) in [5, 5.41) is 8.05. The molecule has 100 valence electrons. The first-order valence-electron chi connectivity index (χ1n) is 5.80. The van der Waals surface area contributed by atoms with Crippen molar-refractivity contribution in [2.24, 2.45) is 12.8 Å². The third kappa shape index (κ3) is 2.88. The Hall–Kier alpha value is -2.01. The summed E-state index contributed by atoms with van der Waals surface area (Å²) < 4.78 is 1.63. The molecule has 6 heteroatoms. The Labute approximate surface area is 116 Å². The molecule has 0 aliphatic carbocycles. The Bertz CT molecular complexity index is 621. The fourth-order valence-electron chi connectivity index (χ4n) is 1.85. The molecule has 1 aromatic carbocycles. The first-order chi connectivity index (χ1) is 8.99. The van der Waals surface area contributed by atoms with Gasteiger partial charge in [0.15, 0.2) is 0 Å². The van der Waals surface area contributed by atoms with Crippen LogP contribution in [0.1, 0.15) is 21.6 Å². The molecule has 2 rings (SSSR count). The Morgan fingerprint density at radius 3 is 2.84 bits per heavy atom. The maximum atomic E-state index is 11.1. The highest BCUT2D eigenvalue weighted by molar-refractivity contribution is 6.30. The molecule has 0 atom stereocenters. The molecule has 5 nitrogen and oxygen atoms in total. The number of amides is 1. The van der Waals surface area contributed by atoms with Crippen LogP contribution in [-0.2, 0) is 13.6 Å². The molecule has 0 aliphatic rings. The van der Waals surface area contributed by atoms with E-state index in [0.29, 0.717) is 17.3 Å². The lowest BCUT2D eigenvalue weighted by Gasteiger charge is -2.07. The number of aryl methyl sites for hydroxylation is 2. The van der Waals surface area contributed by atoms with Gasteiger partial charge in [-0.15, -0.1) is 0 Å². The summed E-state index contributed by atoms with van der Waals surface area (Å²) in [4.78, 5) is 11.1. The average molecular weight is 279 g/mol. The van der Waals surface area contributed by atoms with E-state index in [1.807, 2.05) is 13.0 Å². The Morgan fingerprint density at radius 2 is 2.26 bits per heavy atom. The van der Waals surface area contributed by atoms with E-state index in [4.69, 9.17) is 17.3 Å². The summed E-state index contributed by atoms with van der Waals surface area (Å²) in [5.74, 6) is -0.445. The van der Waals surface area contributed by atoms with Crippen molar-refractivity contribution in [1.82, 2.24) is 9.78 Å². The van der Waals surface area contributed by atoms with E-state index in [2.05, 4.69) is 10.4 Å². The van der Waals surface area contributed by atoms with Gasteiger partial charge in [-0.3, -0.25) is 9.48 Å². The van der Waals surface area contributed by atoms with Gasteiger partial charge in [-0.25, -0.2) is 0 Å². The number of nitrogens with one attached hydrogen (secondary N) is 1. The molecular weight excluding hydrogens is 264 g/mol. The second kappa shape index (κ2) is 5.32. The minimum absolute atomic E-state index is 0.445. The first kappa shape index (κ1) is 13.4. The second-order valence-electron chi connectivity index (χ2n) is 4.28. The number of aromatic nitrogens is 2. The second-order valence-corrected chi connectivity index (χ2v) is 4.64. The molecule has 1 aromatic heterocycles. The van der Waals surface area contributed by atoms with Crippen LogP contribution >= 0.6 is 11.6 Å².